The Hall–Kier alpha value is -2.73. The summed E-state index contributed by atoms with van der Waals surface area (Å²) < 4.78 is 17.8. The summed E-state index contributed by atoms with van der Waals surface area (Å²) in [4.78, 5) is 35.8. The van der Waals surface area contributed by atoms with Gasteiger partial charge < -0.3 is 4.74 Å². The molecule has 0 radical (unpaired) electrons. The monoisotopic (exact) mass is 391 g/mol. The molecule has 0 atom stereocenters. The van der Waals surface area contributed by atoms with E-state index in [4.69, 9.17) is 16.3 Å². The summed E-state index contributed by atoms with van der Waals surface area (Å²) in [5, 5.41) is 2.01. The fourth-order valence-corrected chi connectivity index (χ4v) is 2.46. The van der Waals surface area contributed by atoms with Crippen LogP contribution in [-0.4, -0.2) is 24.4 Å². The van der Waals surface area contributed by atoms with E-state index in [1.54, 1.807) is 12.1 Å². The zero-order chi connectivity index (χ0) is 20.2. The highest BCUT2D eigenvalue weighted by Gasteiger charge is 2.17. The normalized spacial score (nSPS) is 11.0. The van der Waals surface area contributed by atoms with Crippen molar-refractivity contribution in [2.24, 2.45) is 0 Å². The van der Waals surface area contributed by atoms with Gasteiger partial charge in [-0.3, -0.25) is 14.9 Å². The van der Waals surface area contributed by atoms with Crippen LogP contribution in [0.1, 0.15) is 47.1 Å². The molecule has 0 saturated carbocycles. The Balaban J connectivity index is 1.91. The zero-order valence-electron chi connectivity index (χ0n) is 15.1. The van der Waals surface area contributed by atoms with E-state index in [0.717, 1.165) is 23.8 Å². The summed E-state index contributed by atoms with van der Waals surface area (Å²) in [6, 6.07) is 10.0. The number of amides is 2. The van der Waals surface area contributed by atoms with E-state index in [1.165, 1.54) is 0 Å². The Labute approximate surface area is 161 Å². The molecule has 0 aliphatic carbocycles. The molecular weight excluding hydrogens is 373 g/mol. The third-order valence-electron chi connectivity index (χ3n) is 3.75. The minimum absolute atomic E-state index is 0.0549. The van der Waals surface area contributed by atoms with Crippen LogP contribution < -0.4 is 5.32 Å². The van der Waals surface area contributed by atoms with Crippen LogP contribution in [0.3, 0.4) is 0 Å². The minimum atomic E-state index is -0.892. The van der Waals surface area contributed by atoms with E-state index < -0.39 is 30.2 Å². The van der Waals surface area contributed by atoms with Crippen LogP contribution in [0.25, 0.3) is 0 Å². The smallest absolute Gasteiger partial charge is 0.340 e. The van der Waals surface area contributed by atoms with Gasteiger partial charge in [-0.1, -0.05) is 44.5 Å². The van der Waals surface area contributed by atoms with Crippen molar-refractivity contribution in [2.45, 2.75) is 26.2 Å². The van der Waals surface area contributed by atoms with Crippen molar-refractivity contribution in [1.82, 2.24) is 5.32 Å². The predicted molar refractivity (Wildman–Crippen MR) is 99.3 cm³/mol. The van der Waals surface area contributed by atoms with Crippen LogP contribution in [0, 0.1) is 5.82 Å². The highest BCUT2D eigenvalue weighted by molar-refractivity contribution is 6.33. The lowest BCUT2D eigenvalue weighted by molar-refractivity contribution is -0.123. The Kier molecular flexibility index (Phi) is 6.33. The van der Waals surface area contributed by atoms with Gasteiger partial charge in [-0.15, -0.1) is 0 Å². The SMILES string of the molecule is CC(C)(C)c1ccc(C(=O)NC(=O)COC(=O)c2ccc(F)cc2Cl)cc1. The van der Waals surface area contributed by atoms with Crippen LogP contribution in [0.4, 0.5) is 4.39 Å². The molecule has 0 aromatic heterocycles. The van der Waals surface area contributed by atoms with E-state index in [1.807, 2.05) is 32.9 Å². The number of benzene rings is 2. The van der Waals surface area contributed by atoms with E-state index in [9.17, 15) is 18.8 Å². The van der Waals surface area contributed by atoms with Gasteiger partial charge in [-0.05, 0) is 41.3 Å². The van der Waals surface area contributed by atoms with Gasteiger partial charge in [0, 0.05) is 5.56 Å². The van der Waals surface area contributed by atoms with Gasteiger partial charge >= 0.3 is 5.97 Å². The van der Waals surface area contributed by atoms with E-state index in [2.05, 4.69) is 5.32 Å². The molecule has 2 amide bonds. The molecule has 7 heteroatoms. The van der Waals surface area contributed by atoms with Gasteiger partial charge in [0.15, 0.2) is 6.61 Å². The Morgan fingerprint density at radius 3 is 2.26 bits per heavy atom. The molecule has 0 bridgehead atoms. The molecule has 2 rings (SSSR count). The van der Waals surface area contributed by atoms with Crippen LogP contribution in [-0.2, 0) is 14.9 Å². The Morgan fingerprint density at radius 1 is 1.07 bits per heavy atom. The highest BCUT2D eigenvalue weighted by atomic mass is 35.5. The zero-order valence-corrected chi connectivity index (χ0v) is 15.9. The largest absolute Gasteiger partial charge is 0.452 e. The van der Waals surface area contributed by atoms with Crippen molar-refractivity contribution in [3.05, 3.63) is 70.0 Å². The lowest BCUT2D eigenvalue weighted by Crippen LogP contribution is -2.34. The molecule has 0 heterocycles. The number of esters is 1. The number of carbonyl (C=O) groups is 3. The first-order valence-electron chi connectivity index (χ1n) is 8.15. The number of rotatable bonds is 4. The lowest BCUT2D eigenvalue weighted by atomic mass is 9.87. The Bertz CT molecular complexity index is 873. The fourth-order valence-electron chi connectivity index (χ4n) is 2.22. The van der Waals surface area contributed by atoms with Crippen molar-refractivity contribution in [3.8, 4) is 0 Å². The summed E-state index contributed by atoms with van der Waals surface area (Å²) in [5.74, 6) is -2.88. The van der Waals surface area contributed by atoms with E-state index >= 15 is 0 Å². The number of ether oxygens (including phenoxy) is 1. The summed E-state index contributed by atoms with van der Waals surface area (Å²) in [6.07, 6.45) is 0. The second-order valence-corrected chi connectivity index (χ2v) is 7.31. The molecule has 5 nitrogen and oxygen atoms in total. The molecule has 2 aromatic carbocycles. The lowest BCUT2D eigenvalue weighted by Gasteiger charge is -2.19. The third-order valence-corrected chi connectivity index (χ3v) is 4.06. The van der Waals surface area contributed by atoms with Gasteiger partial charge in [0.1, 0.15) is 5.82 Å². The maximum atomic E-state index is 13.0. The maximum Gasteiger partial charge on any atom is 0.340 e. The number of hydrogen-bond acceptors (Lipinski definition) is 4. The summed E-state index contributed by atoms with van der Waals surface area (Å²) in [5.41, 5.74) is 1.23. The first kappa shape index (κ1) is 20.6. The topological polar surface area (TPSA) is 72.5 Å². The molecule has 0 aliphatic heterocycles. The summed E-state index contributed by atoms with van der Waals surface area (Å²) in [6.45, 7) is 5.48. The van der Waals surface area contributed by atoms with Gasteiger partial charge in [-0.2, -0.15) is 0 Å². The number of imide groups is 1. The average molecular weight is 392 g/mol. The average Bonchev–Trinajstić information content (AvgIpc) is 2.59. The molecule has 142 valence electrons. The van der Waals surface area contributed by atoms with Gasteiger partial charge in [-0.25, -0.2) is 9.18 Å². The number of halogens is 2. The number of hydrogen-bond donors (Lipinski definition) is 1. The van der Waals surface area contributed by atoms with Crippen LogP contribution in [0.2, 0.25) is 5.02 Å². The summed E-state index contributed by atoms with van der Waals surface area (Å²) >= 11 is 5.75. The van der Waals surface area contributed by atoms with E-state index in [0.29, 0.717) is 5.56 Å². The fraction of sp³-hybridized carbons (Fsp3) is 0.250. The molecule has 0 fully saturated rings. The molecular formula is C20H19ClFNO4. The van der Waals surface area contributed by atoms with Crippen LogP contribution in [0.5, 0.6) is 0 Å². The van der Waals surface area contributed by atoms with Gasteiger partial charge in [0.2, 0.25) is 0 Å². The second-order valence-electron chi connectivity index (χ2n) is 6.90. The van der Waals surface area contributed by atoms with Crippen molar-refractivity contribution in [3.63, 3.8) is 0 Å². The molecule has 27 heavy (non-hydrogen) atoms. The molecule has 2 aromatic rings. The van der Waals surface area contributed by atoms with Crippen molar-refractivity contribution in [2.75, 3.05) is 6.61 Å². The third kappa shape index (κ3) is 5.62. The van der Waals surface area contributed by atoms with E-state index in [-0.39, 0.29) is 16.0 Å². The van der Waals surface area contributed by atoms with Crippen LogP contribution >= 0.6 is 11.6 Å². The first-order chi connectivity index (χ1) is 12.6. The molecule has 1 N–H and O–H groups in total. The first-order valence-corrected chi connectivity index (χ1v) is 8.52. The van der Waals surface area contributed by atoms with Gasteiger partial charge in [0.25, 0.3) is 11.8 Å². The second kappa shape index (κ2) is 8.31. The van der Waals surface area contributed by atoms with Crippen LogP contribution in [0.15, 0.2) is 42.5 Å². The highest BCUT2D eigenvalue weighted by Crippen LogP contribution is 2.22. The Morgan fingerprint density at radius 2 is 1.70 bits per heavy atom. The molecule has 0 unspecified atom stereocenters. The van der Waals surface area contributed by atoms with Crippen molar-refractivity contribution < 1.29 is 23.5 Å². The standard InChI is InChI=1S/C20H19ClFNO4/c1-20(2,3)13-6-4-12(5-7-13)18(25)23-17(24)11-27-19(26)15-9-8-14(22)10-16(15)21/h4-10H,11H2,1-3H3,(H,23,24,25). The predicted octanol–water partition coefficient (Wildman–Crippen LogP) is 3.89. The van der Waals surface area contributed by atoms with Crippen molar-refractivity contribution >= 4 is 29.4 Å². The molecule has 0 spiro atoms. The quantitative estimate of drug-likeness (QED) is 0.802. The number of nitrogens with one attached hydrogen (secondary N) is 1. The molecule has 0 aliphatic rings. The maximum absolute atomic E-state index is 13.0. The molecule has 0 saturated heterocycles. The number of carbonyl (C=O) groups excluding carboxylic acids is 3. The van der Waals surface area contributed by atoms with Crippen molar-refractivity contribution in [1.29, 1.82) is 0 Å². The summed E-state index contributed by atoms with van der Waals surface area (Å²) in [7, 11) is 0. The minimum Gasteiger partial charge on any atom is -0.452 e. The van der Waals surface area contributed by atoms with Gasteiger partial charge in [0.05, 0.1) is 10.6 Å².